The Balaban J connectivity index is 1.92. The van der Waals surface area contributed by atoms with Crippen LogP contribution in [0, 0.1) is 0 Å². The smallest absolute Gasteiger partial charge is 0.193 e. The Morgan fingerprint density at radius 1 is 1.09 bits per heavy atom. The van der Waals surface area contributed by atoms with Crippen molar-refractivity contribution < 1.29 is 14.3 Å². The molecule has 0 radical (unpaired) electrons. The van der Waals surface area contributed by atoms with E-state index in [0.717, 1.165) is 24.2 Å². The lowest BCUT2D eigenvalue weighted by Crippen LogP contribution is -2.00. The maximum absolute atomic E-state index is 12.2. The molecule has 0 fully saturated rings. The fourth-order valence-electron chi connectivity index (χ4n) is 2.34. The maximum atomic E-state index is 12.2. The van der Waals surface area contributed by atoms with Gasteiger partial charge in [-0.25, -0.2) is 0 Å². The molecule has 0 spiro atoms. The van der Waals surface area contributed by atoms with Gasteiger partial charge in [-0.15, -0.1) is 0 Å². The zero-order valence-corrected chi connectivity index (χ0v) is 12.9. The number of aromatic hydroxyl groups is 1. The minimum Gasteiger partial charge on any atom is -0.508 e. The summed E-state index contributed by atoms with van der Waals surface area (Å²) >= 11 is 0. The van der Waals surface area contributed by atoms with E-state index in [1.807, 2.05) is 24.3 Å². The van der Waals surface area contributed by atoms with Crippen LogP contribution >= 0.6 is 0 Å². The maximum Gasteiger partial charge on any atom is 0.193 e. The Labute approximate surface area is 134 Å². The number of hydrogen-bond donors (Lipinski definition) is 1. The van der Waals surface area contributed by atoms with Crippen molar-refractivity contribution in [2.45, 2.75) is 19.8 Å². The fourth-order valence-corrected chi connectivity index (χ4v) is 2.34. The van der Waals surface area contributed by atoms with E-state index in [0.29, 0.717) is 23.3 Å². The van der Waals surface area contributed by atoms with Gasteiger partial charge in [0, 0.05) is 17.7 Å². The van der Waals surface area contributed by atoms with Crippen LogP contribution in [0.3, 0.4) is 0 Å². The third-order valence-electron chi connectivity index (χ3n) is 3.62. The van der Waals surface area contributed by atoms with Crippen LogP contribution in [0.4, 0.5) is 0 Å². The molecule has 0 saturated heterocycles. The second-order valence-corrected chi connectivity index (χ2v) is 5.38. The van der Waals surface area contributed by atoms with Crippen molar-refractivity contribution in [3.63, 3.8) is 0 Å². The molecule has 0 atom stereocenters. The molecule has 1 N–H and O–H groups in total. The summed E-state index contributed by atoms with van der Waals surface area (Å²) in [7, 11) is 0. The van der Waals surface area contributed by atoms with Crippen LogP contribution in [-0.2, 0) is 0 Å². The van der Waals surface area contributed by atoms with E-state index in [2.05, 4.69) is 6.92 Å². The number of benzene rings is 2. The largest absolute Gasteiger partial charge is 0.508 e. The van der Waals surface area contributed by atoms with E-state index in [-0.39, 0.29) is 11.2 Å². The van der Waals surface area contributed by atoms with E-state index < -0.39 is 0 Å². The van der Waals surface area contributed by atoms with E-state index in [1.54, 1.807) is 6.07 Å². The van der Waals surface area contributed by atoms with Crippen molar-refractivity contribution in [2.75, 3.05) is 6.61 Å². The fraction of sp³-hybridized carbons (Fsp3) is 0.211. The number of phenols is 1. The lowest BCUT2D eigenvalue weighted by atomic mass is 10.1. The molecule has 4 nitrogen and oxygen atoms in total. The van der Waals surface area contributed by atoms with Crippen LogP contribution in [-0.4, -0.2) is 11.7 Å². The molecule has 0 aliphatic heterocycles. The zero-order valence-electron chi connectivity index (χ0n) is 12.9. The van der Waals surface area contributed by atoms with Crippen molar-refractivity contribution in [2.24, 2.45) is 0 Å². The van der Waals surface area contributed by atoms with Gasteiger partial charge >= 0.3 is 0 Å². The van der Waals surface area contributed by atoms with E-state index in [4.69, 9.17) is 9.15 Å². The molecule has 3 rings (SSSR count). The van der Waals surface area contributed by atoms with Gasteiger partial charge in [-0.1, -0.05) is 13.3 Å². The van der Waals surface area contributed by atoms with Gasteiger partial charge in [0.05, 0.1) is 12.0 Å². The van der Waals surface area contributed by atoms with Crippen LogP contribution < -0.4 is 10.2 Å². The number of hydrogen-bond acceptors (Lipinski definition) is 4. The molecule has 1 aromatic heterocycles. The van der Waals surface area contributed by atoms with Gasteiger partial charge in [0.25, 0.3) is 0 Å². The molecule has 0 amide bonds. The molecule has 0 bridgehead atoms. The molecule has 0 aliphatic carbocycles. The van der Waals surface area contributed by atoms with Gasteiger partial charge in [-0.2, -0.15) is 0 Å². The highest BCUT2D eigenvalue weighted by atomic mass is 16.5. The molecular formula is C19H18O4. The number of phenolic OH excluding ortho intramolecular Hbond substituents is 1. The zero-order chi connectivity index (χ0) is 16.2. The van der Waals surface area contributed by atoms with Gasteiger partial charge in [-0.05, 0) is 42.8 Å². The lowest BCUT2D eigenvalue weighted by molar-refractivity contribution is 0.309. The van der Waals surface area contributed by atoms with Gasteiger partial charge in [0.15, 0.2) is 5.43 Å². The second-order valence-electron chi connectivity index (χ2n) is 5.38. The summed E-state index contributed by atoms with van der Waals surface area (Å²) in [5.74, 6) is 1.33. The first kappa shape index (κ1) is 15.2. The Kier molecular flexibility index (Phi) is 4.33. The second kappa shape index (κ2) is 6.57. The number of rotatable bonds is 5. The monoisotopic (exact) mass is 310 g/mol. The molecule has 2 aromatic carbocycles. The molecule has 0 saturated carbocycles. The van der Waals surface area contributed by atoms with Crippen molar-refractivity contribution in [3.8, 4) is 22.8 Å². The van der Waals surface area contributed by atoms with Crippen molar-refractivity contribution in [1.82, 2.24) is 0 Å². The van der Waals surface area contributed by atoms with E-state index in [9.17, 15) is 9.90 Å². The van der Waals surface area contributed by atoms with Crippen LogP contribution in [0.2, 0.25) is 0 Å². The minimum atomic E-state index is -0.135. The van der Waals surface area contributed by atoms with E-state index in [1.165, 1.54) is 18.2 Å². The Morgan fingerprint density at radius 2 is 1.87 bits per heavy atom. The average molecular weight is 310 g/mol. The van der Waals surface area contributed by atoms with Gasteiger partial charge < -0.3 is 14.3 Å². The predicted molar refractivity (Wildman–Crippen MR) is 90.0 cm³/mol. The van der Waals surface area contributed by atoms with Gasteiger partial charge in [0.1, 0.15) is 22.8 Å². The summed E-state index contributed by atoms with van der Waals surface area (Å²) in [6.45, 7) is 2.81. The molecule has 0 unspecified atom stereocenters. The molecule has 4 heteroatoms. The Hall–Kier alpha value is -2.75. The molecule has 23 heavy (non-hydrogen) atoms. The normalized spacial score (nSPS) is 10.8. The summed E-state index contributed by atoms with van der Waals surface area (Å²) in [4.78, 5) is 12.2. The Bertz CT molecular complexity index is 863. The first-order valence-corrected chi connectivity index (χ1v) is 7.67. The molecule has 118 valence electrons. The van der Waals surface area contributed by atoms with Crippen molar-refractivity contribution >= 4 is 11.0 Å². The van der Waals surface area contributed by atoms with E-state index >= 15 is 0 Å². The highest BCUT2D eigenvalue weighted by molar-refractivity contribution is 5.80. The number of ether oxygens (including phenoxy) is 1. The molecule has 3 aromatic rings. The third kappa shape index (κ3) is 3.37. The molecule has 1 heterocycles. The lowest BCUT2D eigenvalue weighted by Gasteiger charge is -2.07. The topological polar surface area (TPSA) is 59.7 Å². The number of unbranched alkanes of at least 4 members (excludes halogenated alkanes) is 1. The minimum absolute atomic E-state index is 0.0671. The van der Waals surface area contributed by atoms with Gasteiger partial charge in [0.2, 0.25) is 0 Å². The average Bonchev–Trinajstić information content (AvgIpc) is 2.55. The first-order valence-electron chi connectivity index (χ1n) is 7.67. The predicted octanol–water partition coefficient (Wildman–Crippen LogP) is 4.34. The Morgan fingerprint density at radius 3 is 2.61 bits per heavy atom. The van der Waals surface area contributed by atoms with Crippen LogP contribution in [0.25, 0.3) is 22.3 Å². The highest BCUT2D eigenvalue weighted by Crippen LogP contribution is 2.26. The number of fused-ring (bicyclic) bond motifs is 1. The SMILES string of the molecule is CCCCOc1ccc(-c2cc(=O)c3ccc(O)cc3o2)cc1. The first-order chi connectivity index (χ1) is 11.2. The standard InChI is InChI=1S/C19H18O4/c1-2-3-10-22-15-7-4-13(5-8-15)18-12-17(21)16-9-6-14(20)11-19(16)23-18/h4-9,11-12,20H,2-3,10H2,1H3. The highest BCUT2D eigenvalue weighted by Gasteiger charge is 2.08. The van der Waals surface area contributed by atoms with Gasteiger partial charge in [-0.3, -0.25) is 4.79 Å². The summed E-state index contributed by atoms with van der Waals surface area (Å²) in [5.41, 5.74) is 1.02. The van der Waals surface area contributed by atoms with Crippen LogP contribution in [0.5, 0.6) is 11.5 Å². The summed E-state index contributed by atoms with van der Waals surface area (Å²) in [5, 5.41) is 9.99. The van der Waals surface area contributed by atoms with Crippen LogP contribution in [0.15, 0.2) is 57.7 Å². The summed E-state index contributed by atoms with van der Waals surface area (Å²) in [6, 6.07) is 13.4. The summed E-state index contributed by atoms with van der Waals surface area (Å²) in [6.07, 6.45) is 2.11. The summed E-state index contributed by atoms with van der Waals surface area (Å²) < 4.78 is 11.4. The molecular weight excluding hydrogens is 292 g/mol. The quantitative estimate of drug-likeness (QED) is 0.712. The van der Waals surface area contributed by atoms with Crippen molar-refractivity contribution in [1.29, 1.82) is 0 Å². The van der Waals surface area contributed by atoms with Crippen molar-refractivity contribution in [3.05, 3.63) is 58.8 Å². The molecule has 0 aliphatic rings. The third-order valence-corrected chi connectivity index (χ3v) is 3.62. The van der Waals surface area contributed by atoms with Crippen LogP contribution in [0.1, 0.15) is 19.8 Å².